The number of amides is 2. The van der Waals surface area contributed by atoms with Gasteiger partial charge in [-0.2, -0.15) is 0 Å². The third-order valence-electron chi connectivity index (χ3n) is 4.29. The summed E-state index contributed by atoms with van der Waals surface area (Å²) in [6.07, 6.45) is 0.710. The number of halogens is 1. The highest BCUT2D eigenvalue weighted by Gasteiger charge is 2.39. The fourth-order valence-electron chi connectivity index (χ4n) is 2.89. The number of primary sulfonamides is 1. The molecule has 1 aliphatic heterocycles. The number of sulfonamides is 1. The molecule has 3 N–H and O–H groups in total. The van der Waals surface area contributed by atoms with Crippen molar-refractivity contribution in [2.45, 2.75) is 23.8 Å². The minimum atomic E-state index is -3.71. The van der Waals surface area contributed by atoms with Crippen molar-refractivity contribution < 1.29 is 18.0 Å². The molecule has 2 aromatic carbocycles. The minimum Gasteiger partial charge on any atom is -0.305 e. The number of anilines is 1. The molecule has 142 valence electrons. The van der Waals surface area contributed by atoms with Crippen molar-refractivity contribution in [2.24, 2.45) is 5.14 Å². The van der Waals surface area contributed by atoms with Crippen molar-refractivity contribution in [3.8, 4) is 0 Å². The molecule has 1 atom stereocenters. The predicted molar refractivity (Wildman–Crippen MR) is 110 cm³/mol. The second-order valence-corrected chi connectivity index (χ2v) is 9.00. The third kappa shape index (κ3) is 4.72. The van der Waals surface area contributed by atoms with Gasteiger partial charge in [0.25, 0.3) is 5.91 Å². The molecule has 1 saturated heterocycles. The molecule has 0 unspecified atom stereocenters. The van der Waals surface area contributed by atoms with Crippen LogP contribution >= 0.6 is 22.6 Å². The first-order valence-electron chi connectivity index (χ1n) is 8.23. The van der Waals surface area contributed by atoms with Crippen LogP contribution in [0.15, 0.2) is 53.4 Å². The van der Waals surface area contributed by atoms with Crippen molar-refractivity contribution in [1.29, 1.82) is 0 Å². The van der Waals surface area contributed by atoms with Gasteiger partial charge in [0.15, 0.2) is 0 Å². The molecule has 3 rings (SSSR count). The van der Waals surface area contributed by atoms with Crippen LogP contribution in [-0.4, -0.2) is 32.8 Å². The summed E-state index contributed by atoms with van der Waals surface area (Å²) in [6.45, 7) is 0.485. The van der Waals surface area contributed by atoms with Gasteiger partial charge in [0.1, 0.15) is 0 Å². The summed E-state index contributed by atoms with van der Waals surface area (Å²) in [5.74, 6) is -0.484. The van der Waals surface area contributed by atoms with Crippen molar-refractivity contribution >= 4 is 50.1 Å². The maximum absolute atomic E-state index is 12.6. The highest BCUT2D eigenvalue weighted by Crippen LogP contribution is 2.23. The van der Waals surface area contributed by atoms with Gasteiger partial charge in [-0.3, -0.25) is 9.59 Å². The fraction of sp³-hybridized carbons (Fsp3) is 0.222. The average molecular weight is 499 g/mol. The monoisotopic (exact) mass is 499 g/mol. The molecule has 2 aromatic rings. The first-order valence-corrected chi connectivity index (χ1v) is 10.9. The van der Waals surface area contributed by atoms with Gasteiger partial charge in [0, 0.05) is 3.57 Å². The Balaban J connectivity index is 1.58. The van der Waals surface area contributed by atoms with Crippen LogP contribution < -0.4 is 15.4 Å². The molecule has 0 aromatic heterocycles. The van der Waals surface area contributed by atoms with Crippen molar-refractivity contribution in [3.63, 3.8) is 0 Å². The summed E-state index contributed by atoms with van der Waals surface area (Å²) in [7, 11) is -3.71. The first-order chi connectivity index (χ1) is 12.8. The Morgan fingerprint density at radius 1 is 1.07 bits per heavy atom. The van der Waals surface area contributed by atoms with Gasteiger partial charge in [-0.15, -0.1) is 0 Å². The number of imide groups is 1. The van der Waals surface area contributed by atoms with Crippen LogP contribution in [0.25, 0.3) is 0 Å². The second kappa shape index (κ2) is 8.05. The zero-order valence-electron chi connectivity index (χ0n) is 14.3. The molecule has 1 heterocycles. The second-order valence-electron chi connectivity index (χ2n) is 6.19. The Morgan fingerprint density at radius 3 is 2.30 bits per heavy atom. The van der Waals surface area contributed by atoms with E-state index >= 15 is 0 Å². The highest BCUT2D eigenvalue weighted by atomic mass is 127. The molecule has 0 spiro atoms. The van der Waals surface area contributed by atoms with E-state index in [2.05, 4.69) is 27.9 Å². The molecule has 0 bridgehead atoms. The SMILES string of the molecule is NS(=O)(=O)c1ccc(CCN[C@@H]2CC(=O)N(c3ccc(I)cc3)C2=O)cc1. The zero-order chi connectivity index (χ0) is 19.6. The van der Waals surface area contributed by atoms with E-state index in [-0.39, 0.29) is 23.1 Å². The maximum atomic E-state index is 12.6. The van der Waals surface area contributed by atoms with E-state index in [1.54, 1.807) is 24.3 Å². The van der Waals surface area contributed by atoms with E-state index in [0.29, 0.717) is 18.7 Å². The number of hydrogen-bond donors (Lipinski definition) is 2. The molecule has 1 aliphatic rings. The van der Waals surface area contributed by atoms with Crippen LogP contribution in [0.3, 0.4) is 0 Å². The standard InChI is InChI=1S/C18H18IN3O4S/c19-13-3-5-14(6-4-13)22-17(23)11-16(18(22)24)21-10-9-12-1-7-15(8-2-12)27(20,25)26/h1-8,16,21H,9-11H2,(H2,20,25,26)/t16-/m1/s1. The van der Waals surface area contributed by atoms with Crippen molar-refractivity contribution in [1.82, 2.24) is 5.32 Å². The Labute approximate surface area is 171 Å². The quantitative estimate of drug-likeness (QED) is 0.462. The van der Waals surface area contributed by atoms with Crippen LogP contribution in [0.4, 0.5) is 5.69 Å². The lowest BCUT2D eigenvalue weighted by Crippen LogP contribution is -2.39. The van der Waals surface area contributed by atoms with Gasteiger partial charge in [-0.25, -0.2) is 18.5 Å². The third-order valence-corrected chi connectivity index (χ3v) is 5.94. The van der Waals surface area contributed by atoms with Crippen LogP contribution in [0.2, 0.25) is 0 Å². The average Bonchev–Trinajstić information content (AvgIpc) is 2.89. The summed E-state index contributed by atoms with van der Waals surface area (Å²) in [5, 5.41) is 8.18. The van der Waals surface area contributed by atoms with Gasteiger partial charge in [-0.05, 0) is 77.5 Å². The molecule has 0 radical (unpaired) electrons. The summed E-state index contributed by atoms with van der Waals surface area (Å²) in [5.41, 5.74) is 1.48. The summed E-state index contributed by atoms with van der Waals surface area (Å²) < 4.78 is 23.5. The van der Waals surface area contributed by atoms with Crippen molar-refractivity contribution in [3.05, 3.63) is 57.7 Å². The Morgan fingerprint density at radius 2 is 1.70 bits per heavy atom. The molecule has 7 nitrogen and oxygen atoms in total. The fourth-order valence-corrected chi connectivity index (χ4v) is 3.76. The van der Waals surface area contributed by atoms with Gasteiger partial charge in [0.05, 0.1) is 23.0 Å². The molecule has 2 amide bonds. The van der Waals surface area contributed by atoms with Crippen LogP contribution in [0.5, 0.6) is 0 Å². The molecule has 9 heteroatoms. The lowest BCUT2D eigenvalue weighted by Gasteiger charge is -2.15. The summed E-state index contributed by atoms with van der Waals surface area (Å²) in [6, 6.07) is 12.9. The van der Waals surface area contributed by atoms with E-state index in [1.165, 1.54) is 17.0 Å². The summed E-state index contributed by atoms with van der Waals surface area (Å²) >= 11 is 2.16. The number of benzene rings is 2. The van der Waals surface area contributed by atoms with E-state index in [9.17, 15) is 18.0 Å². The maximum Gasteiger partial charge on any atom is 0.251 e. The molecule has 0 saturated carbocycles. The lowest BCUT2D eigenvalue weighted by molar-refractivity contribution is -0.121. The Bertz CT molecular complexity index is 959. The Kier molecular flexibility index (Phi) is 5.94. The minimum absolute atomic E-state index is 0.0592. The molecular weight excluding hydrogens is 481 g/mol. The van der Waals surface area contributed by atoms with Crippen LogP contribution in [0.1, 0.15) is 12.0 Å². The number of nitrogens with zero attached hydrogens (tertiary/aromatic N) is 1. The van der Waals surface area contributed by atoms with E-state index in [1.807, 2.05) is 12.1 Å². The molecule has 1 fully saturated rings. The van der Waals surface area contributed by atoms with Gasteiger partial charge in [0.2, 0.25) is 15.9 Å². The number of carbonyl (C=O) groups is 2. The largest absolute Gasteiger partial charge is 0.305 e. The zero-order valence-corrected chi connectivity index (χ0v) is 17.2. The van der Waals surface area contributed by atoms with E-state index in [4.69, 9.17) is 5.14 Å². The number of rotatable bonds is 6. The number of nitrogens with one attached hydrogen (secondary N) is 1. The Hall–Kier alpha value is -1.82. The van der Waals surface area contributed by atoms with Gasteiger partial charge in [-0.1, -0.05) is 12.1 Å². The van der Waals surface area contributed by atoms with Crippen LogP contribution in [-0.2, 0) is 26.0 Å². The lowest BCUT2D eigenvalue weighted by atomic mass is 10.1. The number of hydrogen-bond acceptors (Lipinski definition) is 5. The number of carbonyl (C=O) groups excluding carboxylic acids is 2. The van der Waals surface area contributed by atoms with E-state index < -0.39 is 16.1 Å². The topological polar surface area (TPSA) is 110 Å². The summed E-state index contributed by atoms with van der Waals surface area (Å²) in [4.78, 5) is 26.1. The van der Waals surface area contributed by atoms with E-state index in [0.717, 1.165) is 9.13 Å². The first kappa shape index (κ1) is 19.9. The number of nitrogens with two attached hydrogens (primary N) is 1. The molecule has 27 heavy (non-hydrogen) atoms. The van der Waals surface area contributed by atoms with Gasteiger partial charge < -0.3 is 5.32 Å². The van der Waals surface area contributed by atoms with Crippen LogP contribution in [0, 0.1) is 3.57 Å². The molecular formula is C18H18IN3O4S. The predicted octanol–water partition coefficient (Wildman–Crippen LogP) is 1.40. The highest BCUT2D eigenvalue weighted by molar-refractivity contribution is 14.1. The van der Waals surface area contributed by atoms with Crippen molar-refractivity contribution in [2.75, 3.05) is 11.4 Å². The molecule has 0 aliphatic carbocycles. The smallest absolute Gasteiger partial charge is 0.251 e. The normalized spacial score (nSPS) is 17.6. The van der Waals surface area contributed by atoms with Gasteiger partial charge >= 0.3 is 0 Å².